The predicted molar refractivity (Wildman–Crippen MR) is 55.1 cm³/mol. The highest BCUT2D eigenvalue weighted by Gasteiger charge is 2.20. The molecule has 0 rings (SSSR count). The molecule has 0 saturated carbocycles. The van der Waals surface area contributed by atoms with Crippen molar-refractivity contribution in [2.75, 3.05) is 13.6 Å². The molecule has 1 atom stereocenters. The van der Waals surface area contributed by atoms with Crippen molar-refractivity contribution in [1.29, 1.82) is 0 Å². The van der Waals surface area contributed by atoms with Gasteiger partial charge >= 0.3 is 0 Å². The van der Waals surface area contributed by atoms with E-state index in [-0.39, 0.29) is 11.7 Å². The van der Waals surface area contributed by atoms with Gasteiger partial charge in [-0.3, -0.25) is 4.79 Å². The van der Waals surface area contributed by atoms with Crippen LogP contribution in [0.3, 0.4) is 0 Å². The summed E-state index contributed by atoms with van der Waals surface area (Å²) < 4.78 is 0. The lowest BCUT2D eigenvalue weighted by Crippen LogP contribution is -2.38. The molecule has 0 aliphatic heterocycles. The van der Waals surface area contributed by atoms with Crippen molar-refractivity contribution in [3.05, 3.63) is 0 Å². The smallest absolute Gasteiger partial charge is 0.232 e. The standard InChI is InChI=1S/C9H19N3O2/c1-4-5-6-12(3)9(13)7(2)8(10)11-14/h7,14H,4-6H2,1-3H3,(H2,10,11). The fraction of sp³-hybridized carbons (Fsp3) is 0.778. The molecular formula is C9H19N3O2. The number of amidine groups is 1. The molecule has 5 nitrogen and oxygen atoms in total. The van der Waals surface area contributed by atoms with Crippen LogP contribution in [-0.2, 0) is 4.79 Å². The van der Waals surface area contributed by atoms with Crippen LogP contribution in [0.15, 0.2) is 5.16 Å². The minimum atomic E-state index is -0.554. The predicted octanol–water partition coefficient (Wildman–Crippen LogP) is 0.627. The maximum atomic E-state index is 11.6. The van der Waals surface area contributed by atoms with Crippen molar-refractivity contribution >= 4 is 11.7 Å². The molecule has 5 heteroatoms. The first-order valence-electron chi connectivity index (χ1n) is 4.77. The van der Waals surface area contributed by atoms with E-state index in [2.05, 4.69) is 12.1 Å². The second-order valence-corrected chi connectivity index (χ2v) is 3.36. The molecule has 0 aromatic carbocycles. The van der Waals surface area contributed by atoms with Crippen LogP contribution >= 0.6 is 0 Å². The molecule has 0 radical (unpaired) electrons. The third kappa shape index (κ3) is 3.64. The lowest BCUT2D eigenvalue weighted by atomic mass is 10.1. The summed E-state index contributed by atoms with van der Waals surface area (Å²) in [5.41, 5.74) is 5.34. The lowest BCUT2D eigenvalue weighted by molar-refractivity contribution is -0.131. The van der Waals surface area contributed by atoms with Gasteiger partial charge in [0.25, 0.3) is 0 Å². The van der Waals surface area contributed by atoms with E-state index in [9.17, 15) is 4.79 Å². The first kappa shape index (κ1) is 12.7. The van der Waals surface area contributed by atoms with Crippen LogP contribution in [0, 0.1) is 5.92 Å². The van der Waals surface area contributed by atoms with Crippen LogP contribution in [0.4, 0.5) is 0 Å². The van der Waals surface area contributed by atoms with Gasteiger partial charge in [-0.1, -0.05) is 18.5 Å². The lowest BCUT2D eigenvalue weighted by Gasteiger charge is -2.20. The number of unbranched alkanes of at least 4 members (excludes halogenated alkanes) is 1. The van der Waals surface area contributed by atoms with Gasteiger partial charge in [0.2, 0.25) is 5.91 Å². The Morgan fingerprint density at radius 1 is 1.64 bits per heavy atom. The van der Waals surface area contributed by atoms with Crippen molar-refractivity contribution in [3.63, 3.8) is 0 Å². The summed E-state index contributed by atoms with van der Waals surface area (Å²) >= 11 is 0. The number of amides is 1. The van der Waals surface area contributed by atoms with Crippen molar-refractivity contribution in [2.24, 2.45) is 16.8 Å². The molecular weight excluding hydrogens is 182 g/mol. The molecule has 82 valence electrons. The quantitative estimate of drug-likeness (QED) is 0.296. The monoisotopic (exact) mass is 201 g/mol. The van der Waals surface area contributed by atoms with Gasteiger partial charge in [0.05, 0.1) is 5.92 Å². The summed E-state index contributed by atoms with van der Waals surface area (Å²) in [4.78, 5) is 13.2. The molecule has 3 N–H and O–H groups in total. The average Bonchev–Trinajstić information content (AvgIpc) is 2.22. The fourth-order valence-corrected chi connectivity index (χ4v) is 1.05. The van der Waals surface area contributed by atoms with Gasteiger partial charge in [0.15, 0.2) is 5.84 Å². The highest BCUT2D eigenvalue weighted by molar-refractivity contribution is 6.01. The normalized spacial score (nSPS) is 13.8. The maximum Gasteiger partial charge on any atom is 0.232 e. The van der Waals surface area contributed by atoms with Crippen molar-refractivity contribution in [2.45, 2.75) is 26.7 Å². The first-order valence-corrected chi connectivity index (χ1v) is 4.77. The zero-order valence-corrected chi connectivity index (χ0v) is 9.03. The van der Waals surface area contributed by atoms with Gasteiger partial charge in [-0.15, -0.1) is 0 Å². The summed E-state index contributed by atoms with van der Waals surface area (Å²) in [6.07, 6.45) is 2.00. The number of oxime groups is 1. The van der Waals surface area contributed by atoms with Gasteiger partial charge in [-0.05, 0) is 13.3 Å². The molecule has 0 bridgehead atoms. The Morgan fingerprint density at radius 2 is 2.21 bits per heavy atom. The van der Waals surface area contributed by atoms with E-state index in [1.807, 2.05) is 0 Å². The van der Waals surface area contributed by atoms with Crippen molar-refractivity contribution < 1.29 is 10.0 Å². The largest absolute Gasteiger partial charge is 0.409 e. The molecule has 0 heterocycles. The second-order valence-electron chi connectivity index (χ2n) is 3.36. The summed E-state index contributed by atoms with van der Waals surface area (Å²) in [7, 11) is 1.72. The Balaban J connectivity index is 4.17. The molecule has 0 aliphatic carbocycles. The van der Waals surface area contributed by atoms with Gasteiger partial charge in [0.1, 0.15) is 0 Å². The summed E-state index contributed by atoms with van der Waals surface area (Å²) in [5.74, 6) is -0.714. The zero-order chi connectivity index (χ0) is 11.1. The SMILES string of the molecule is CCCCN(C)C(=O)C(C)C(N)=NO. The van der Waals surface area contributed by atoms with E-state index >= 15 is 0 Å². The topological polar surface area (TPSA) is 78.9 Å². The molecule has 0 aromatic heterocycles. The zero-order valence-electron chi connectivity index (χ0n) is 9.03. The Kier molecular flexibility index (Phi) is 5.67. The molecule has 0 saturated heterocycles. The van der Waals surface area contributed by atoms with Crippen LogP contribution in [0.1, 0.15) is 26.7 Å². The van der Waals surface area contributed by atoms with Crippen molar-refractivity contribution in [3.8, 4) is 0 Å². The van der Waals surface area contributed by atoms with E-state index in [0.717, 1.165) is 12.8 Å². The third-order valence-corrected chi connectivity index (χ3v) is 2.15. The molecule has 0 aromatic rings. The highest BCUT2D eigenvalue weighted by atomic mass is 16.4. The number of nitrogens with two attached hydrogens (primary N) is 1. The van der Waals surface area contributed by atoms with E-state index in [1.54, 1.807) is 18.9 Å². The number of rotatable bonds is 5. The van der Waals surface area contributed by atoms with E-state index in [1.165, 1.54) is 0 Å². The number of carbonyl (C=O) groups excluding carboxylic acids is 1. The average molecular weight is 201 g/mol. The Labute approximate surface area is 84.6 Å². The highest BCUT2D eigenvalue weighted by Crippen LogP contribution is 2.02. The van der Waals surface area contributed by atoms with E-state index < -0.39 is 5.92 Å². The van der Waals surface area contributed by atoms with Gasteiger partial charge < -0.3 is 15.8 Å². The number of carbonyl (C=O) groups is 1. The number of hydrogen-bond acceptors (Lipinski definition) is 3. The molecule has 0 aliphatic rings. The summed E-state index contributed by atoms with van der Waals surface area (Å²) in [6.45, 7) is 4.39. The minimum Gasteiger partial charge on any atom is -0.409 e. The maximum absolute atomic E-state index is 11.6. The molecule has 0 fully saturated rings. The third-order valence-electron chi connectivity index (χ3n) is 2.15. The van der Waals surface area contributed by atoms with Crippen LogP contribution in [0.25, 0.3) is 0 Å². The first-order chi connectivity index (χ1) is 6.54. The minimum absolute atomic E-state index is 0.0432. The van der Waals surface area contributed by atoms with Crippen LogP contribution in [0.5, 0.6) is 0 Å². The molecule has 1 unspecified atom stereocenters. The fourth-order valence-electron chi connectivity index (χ4n) is 1.05. The van der Waals surface area contributed by atoms with Crippen molar-refractivity contribution in [1.82, 2.24) is 4.90 Å². The Bertz CT molecular complexity index is 216. The van der Waals surface area contributed by atoms with Gasteiger partial charge in [0, 0.05) is 13.6 Å². The van der Waals surface area contributed by atoms with Crippen LogP contribution in [-0.4, -0.2) is 35.4 Å². The Hall–Kier alpha value is -1.26. The molecule has 14 heavy (non-hydrogen) atoms. The molecule has 1 amide bonds. The van der Waals surface area contributed by atoms with Gasteiger partial charge in [-0.25, -0.2) is 0 Å². The van der Waals surface area contributed by atoms with E-state index in [0.29, 0.717) is 6.54 Å². The summed E-state index contributed by atoms with van der Waals surface area (Å²) in [6, 6.07) is 0. The van der Waals surface area contributed by atoms with Crippen LogP contribution < -0.4 is 5.73 Å². The Morgan fingerprint density at radius 3 is 2.64 bits per heavy atom. The van der Waals surface area contributed by atoms with Gasteiger partial charge in [-0.2, -0.15) is 0 Å². The number of hydrogen-bond donors (Lipinski definition) is 2. The second kappa shape index (κ2) is 6.23. The van der Waals surface area contributed by atoms with Crippen LogP contribution in [0.2, 0.25) is 0 Å². The summed E-state index contributed by atoms with van der Waals surface area (Å²) in [5, 5.41) is 11.2. The molecule has 0 spiro atoms. The van der Waals surface area contributed by atoms with E-state index in [4.69, 9.17) is 10.9 Å². The number of nitrogens with zero attached hydrogens (tertiary/aromatic N) is 2.